The van der Waals surface area contributed by atoms with Gasteiger partial charge in [-0.05, 0) is 33.9 Å². The lowest BCUT2D eigenvalue weighted by atomic mass is 10.4. The minimum Gasteiger partial charge on any atom is -0.303 e. The Morgan fingerprint density at radius 1 is 1.20 bits per heavy atom. The van der Waals surface area contributed by atoms with E-state index >= 15 is 0 Å². The second-order valence-electron chi connectivity index (χ2n) is 4.74. The predicted octanol–water partition coefficient (Wildman–Crippen LogP) is 1.14. The molecule has 0 aliphatic rings. The van der Waals surface area contributed by atoms with E-state index < -0.39 is 10.0 Å². The number of likely N-dealkylation sites (N-methyl/N-ethyl adjacent to an activating group) is 1. The van der Waals surface area contributed by atoms with Crippen molar-refractivity contribution in [2.24, 2.45) is 0 Å². The van der Waals surface area contributed by atoms with Crippen molar-refractivity contribution in [3.05, 3.63) is 11.4 Å². The quantitative estimate of drug-likeness (QED) is 0.782. The zero-order chi connectivity index (χ0) is 15.3. The molecule has 0 spiro atoms. The highest BCUT2D eigenvalue weighted by Gasteiger charge is 2.23. The molecule has 0 saturated heterocycles. The first kappa shape index (κ1) is 17.1. The molecule has 1 aromatic heterocycles. The first-order valence-corrected chi connectivity index (χ1v) is 8.61. The summed E-state index contributed by atoms with van der Waals surface area (Å²) >= 11 is 0. The molecule has 0 amide bonds. The number of aromatic nitrogens is 2. The maximum atomic E-state index is 12.4. The summed E-state index contributed by atoms with van der Waals surface area (Å²) in [5.41, 5.74) is 1.25. The Balaban J connectivity index is 2.82. The highest BCUT2D eigenvalue weighted by molar-refractivity contribution is 7.89. The van der Waals surface area contributed by atoms with E-state index in [9.17, 15) is 8.42 Å². The molecule has 1 heterocycles. The van der Waals surface area contributed by atoms with Crippen molar-refractivity contribution in [3.63, 3.8) is 0 Å². The zero-order valence-electron chi connectivity index (χ0n) is 13.1. The van der Waals surface area contributed by atoms with Crippen molar-refractivity contribution >= 4 is 10.0 Å². The SMILES string of the molecule is CCN(CC)CCNS(=O)(=O)c1c(C)nn(CC)c1C. The van der Waals surface area contributed by atoms with E-state index in [0.717, 1.165) is 13.1 Å². The fourth-order valence-electron chi connectivity index (χ4n) is 2.33. The Morgan fingerprint density at radius 2 is 1.80 bits per heavy atom. The van der Waals surface area contributed by atoms with Crippen molar-refractivity contribution in [1.29, 1.82) is 0 Å². The Labute approximate surface area is 122 Å². The first-order chi connectivity index (χ1) is 9.37. The lowest BCUT2D eigenvalue weighted by Crippen LogP contribution is -2.35. The molecule has 1 rings (SSSR count). The van der Waals surface area contributed by atoms with Gasteiger partial charge in [0, 0.05) is 19.6 Å². The van der Waals surface area contributed by atoms with Crippen LogP contribution in [-0.2, 0) is 16.6 Å². The third-order valence-electron chi connectivity index (χ3n) is 3.50. The molecule has 0 bridgehead atoms. The molecule has 1 aromatic rings. The fourth-order valence-corrected chi connectivity index (χ4v) is 3.76. The van der Waals surface area contributed by atoms with E-state index in [1.807, 2.05) is 6.92 Å². The lowest BCUT2D eigenvalue weighted by Gasteiger charge is -2.18. The van der Waals surface area contributed by atoms with E-state index in [2.05, 4.69) is 28.6 Å². The van der Waals surface area contributed by atoms with Gasteiger partial charge in [-0.3, -0.25) is 4.68 Å². The van der Waals surface area contributed by atoms with E-state index in [1.165, 1.54) is 0 Å². The first-order valence-electron chi connectivity index (χ1n) is 7.13. The number of hydrogen-bond donors (Lipinski definition) is 1. The molecular formula is C13H26N4O2S. The smallest absolute Gasteiger partial charge is 0.244 e. The third-order valence-corrected chi connectivity index (χ3v) is 5.21. The summed E-state index contributed by atoms with van der Waals surface area (Å²) in [4.78, 5) is 2.50. The topological polar surface area (TPSA) is 67.2 Å². The van der Waals surface area contributed by atoms with E-state index in [-0.39, 0.29) is 0 Å². The van der Waals surface area contributed by atoms with Crippen LogP contribution < -0.4 is 4.72 Å². The Bertz CT molecular complexity index is 533. The summed E-state index contributed by atoms with van der Waals surface area (Å²) in [6.45, 7) is 13.3. The van der Waals surface area contributed by atoms with Gasteiger partial charge in [0.05, 0.1) is 11.4 Å². The third kappa shape index (κ3) is 3.80. The Morgan fingerprint density at radius 3 is 2.25 bits per heavy atom. The van der Waals surface area contributed by atoms with Crippen LogP contribution in [0, 0.1) is 13.8 Å². The van der Waals surface area contributed by atoms with Gasteiger partial charge in [0.2, 0.25) is 10.0 Å². The van der Waals surface area contributed by atoms with Gasteiger partial charge in [0.25, 0.3) is 0 Å². The molecule has 116 valence electrons. The summed E-state index contributed by atoms with van der Waals surface area (Å²) in [7, 11) is -3.48. The van der Waals surface area contributed by atoms with Gasteiger partial charge in [-0.2, -0.15) is 5.10 Å². The average molecular weight is 302 g/mol. The minimum atomic E-state index is -3.48. The average Bonchev–Trinajstić information content (AvgIpc) is 2.69. The Kier molecular flexibility index (Phi) is 6.16. The monoisotopic (exact) mass is 302 g/mol. The van der Waals surface area contributed by atoms with Crippen LogP contribution in [0.4, 0.5) is 0 Å². The van der Waals surface area contributed by atoms with E-state index in [4.69, 9.17) is 0 Å². The highest BCUT2D eigenvalue weighted by atomic mass is 32.2. The van der Waals surface area contributed by atoms with Crippen LogP contribution in [0.25, 0.3) is 0 Å². The van der Waals surface area contributed by atoms with Crippen LogP contribution in [0.1, 0.15) is 32.2 Å². The summed E-state index contributed by atoms with van der Waals surface area (Å²) in [6.07, 6.45) is 0. The normalized spacial score (nSPS) is 12.3. The number of aryl methyl sites for hydroxylation is 2. The van der Waals surface area contributed by atoms with Crippen LogP contribution in [0.3, 0.4) is 0 Å². The maximum absolute atomic E-state index is 12.4. The fraction of sp³-hybridized carbons (Fsp3) is 0.769. The maximum Gasteiger partial charge on any atom is 0.244 e. The van der Waals surface area contributed by atoms with Crippen molar-refractivity contribution < 1.29 is 8.42 Å². The largest absolute Gasteiger partial charge is 0.303 e. The number of hydrogen-bond acceptors (Lipinski definition) is 4. The van der Waals surface area contributed by atoms with Crippen molar-refractivity contribution in [2.75, 3.05) is 26.2 Å². The molecule has 1 N–H and O–H groups in total. The van der Waals surface area contributed by atoms with E-state index in [1.54, 1.807) is 18.5 Å². The molecule has 7 heteroatoms. The molecule has 6 nitrogen and oxygen atoms in total. The molecule has 0 fully saturated rings. The lowest BCUT2D eigenvalue weighted by molar-refractivity contribution is 0.309. The van der Waals surface area contributed by atoms with Gasteiger partial charge in [-0.1, -0.05) is 13.8 Å². The minimum absolute atomic E-state index is 0.318. The number of nitrogens with one attached hydrogen (secondary N) is 1. The van der Waals surface area contributed by atoms with Crippen molar-refractivity contribution in [3.8, 4) is 0 Å². The molecule has 0 aliphatic heterocycles. The molecule has 20 heavy (non-hydrogen) atoms. The highest BCUT2D eigenvalue weighted by Crippen LogP contribution is 2.18. The van der Waals surface area contributed by atoms with Crippen LogP contribution in [0.15, 0.2) is 4.90 Å². The number of sulfonamides is 1. The molecule has 0 unspecified atom stereocenters. The summed E-state index contributed by atoms with van der Waals surface area (Å²) < 4.78 is 29.1. The van der Waals surface area contributed by atoms with Crippen LogP contribution in [0.2, 0.25) is 0 Å². The number of nitrogens with zero attached hydrogens (tertiary/aromatic N) is 3. The molecule has 0 saturated carbocycles. The van der Waals surface area contributed by atoms with Crippen LogP contribution in [0.5, 0.6) is 0 Å². The summed E-state index contributed by atoms with van der Waals surface area (Å²) in [6, 6.07) is 0. The molecule has 0 atom stereocenters. The van der Waals surface area contributed by atoms with Crippen molar-refractivity contribution in [2.45, 2.75) is 46.1 Å². The summed E-state index contributed by atoms with van der Waals surface area (Å²) in [5.74, 6) is 0. The van der Waals surface area contributed by atoms with Gasteiger partial charge in [0.15, 0.2) is 0 Å². The zero-order valence-corrected chi connectivity index (χ0v) is 13.9. The van der Waals surface area contributed by atoms with E-state index in [0.29, 0.717) is 35.9 Å². The van der Waals surface area contributed by atoms with Crippen molar-refractivity contribution in [1.82, 2.24) is 19.4 Å². The van der Waals surface area contributed by atoms with Gasteiger partial charge >= 0.3 is 0 Å². The second kappa shape index (κ2) is 7.19. The van der Waals surface area contributed by atoms with Gasteiger partial charge in [-0.15, -0.1) is 0 Å². The molecule has 0 radical (unpaired) electrons. The van der Waals surface area contributed by atoms with Gasteiger partial charge < -0.3 is 4.90 Å². The molecule has 0 aromatic carbocycles. The van der Waals surface area contributed by atoms with Gasteiger partial charge in [-0.25, -0.2) is 13.1 Å². The molecule has 0 aliphatic carbocycles. The standard InChI is InChI=1S/C13H26N4O2S/c1-6-16(7-2)10-9-14-20(18,19)13-11(4)15-17(8-3)12(13)5/h14H,6-10H2,1-5H3. The Hall–Kier alpha value is -0.920. The number of rotatable bonds is 8. The molecular weight excluding hydrogens is 276 g/mol. The van der Waals surface area contributed by atoms with Crippen LogP contribution >= 0.6 is 0 Å². The summed E-state index contributed by atoms with van der Waals surface area (Å²) in [5, 5.41) is 4.26. The second-order valence-corrected chi connectivity index (χ2v) is 6.44. The van der Waals surface area contributed by atoms with Gasteiger partial charge in [0.1, 0.15) is 4.90 Å². The predicted molar refractivity (Wildman–Crippen MR) is 80.4 cm³/mol. The van der Waals surface area contributed by atoms with Crippen LogP contribution in [-0.4, -0.2) is 49.3 Å².